The SMILES string of the molecule is CSC1CCC(NS(=O)(=O)c2c(C)oc(C)c2CN)C1. The Hall–Kier alpha value is -0.500. The van der Waals surface area contributed by atoms with E-state index in [1.165, 1.54) is 0 Å². The van der Waals surface area contributed by atoms with Crippen LogP contribution in [0.2, 0.25) is 0 Å². The second-order valence-corrected chi connectivity index (χ2v) is 8.00. The zero-order valence-electron chi connectivity index (χ0n) is 12.1. The van der Waals surface area contributed by atoms with E-state index in [2.05, 4.69) is 11.0 Å². The molecule has 0 amide bonds. The minimum Gasteiger partial charge on any atom is -0.465 e. The lowest BCUT2D eigenvalue weighted by Crippen LogP contribution is -2.34. The first-order valence-corrected chi connectivity index (χ1v) is 9.50. The molecular weight excluding hydrogens is 296 g/mol. The molecule has 0 radical (unpaired) electrons. The topological polar surface area (TPSA) is 85.3 Å². The number of nitrogens with two attached hydrogens (primary N) is 1. The molecule has 1 saturated carbocycles. The fourth-order valence-electron chi connectivity index (χ4n) is 2.84. The number of thioether (sulfide) groups is 1. The monoisotopic (exact) mass is 318 g/mol. The first kappa shape index (κ1) is 15.9. The third kappa shape index (κ3) is 3.05. The van der Waals surface area contributed by atoms with Gasteiger partial charge in [-0.2, -0.15) is 11.8 Å². The summed E-state index contributed by atoms with van der Waals surface area (Å²) < 4.78 is 33.4. The summed E-state index contributed by atoms with van der Waals surface area (Å²) >= 11 is 1.80. The molecule has 0 aliphatic heterocycles. The number of nitrogens with one attached hydrogen (secondary N) is 1. The fraction of sp³-hybridized carbons (Fsp3) is 0.692. The Labute approximate surface area is 124 Å². The number of furan rings is 1. The Kier molecular flexibility index (Phi) is 4.84. The minimum absolute atomic E-state index is 0.0117. The highest BCUT2D eigenvalue weighted by Crippen LogP contribution is 2.31. The summed E-state index contributed by atoms with van der Waals surface area (Å²) in [5.74, 6) is 0.994. The Morgan fingerprint density at radius 2 is 2.05 bits per heavy atom. The summed E-state index contributed by atoms with van der Waals surface area (Å²) in [6.07, 6.45) is 4.89. The fourth-order valence-corrected chi connectivity index (χ4v) is 5.38. The molecule has 1 heterocycles. The zero-order chi connectivity index (χ0) is 14.9. The third-order valence-corrected chi connectivity index (χ3v) is 6.65. The van der Waals surface area contributed by atoms with Crippen molar-refractivity contribution in [2.45, 2.75) is 55.8 Å². The molecule has 7 heteroatoms. The first-order chi connectivity index (χ1) is 9.39. The molecule has 114 valence electrons. The van der Waals surface area contributed by atoms with Gasteiger partial charge < -0.3 is 10.2 Å². The largest absolute Gasteiger partial charge is 0.465 e. The molecule has 5 nitrogen and oxygen atoms in total. The predicted octanol–water partition coefficient (Wildman–Crippen LogP) is 1.92. The summed E-state index contributed by atoms with van der Waals surface area (Å²) in [4.78, 5) is 0.227. The Morgan fingerprint density at radius 1 is 1.35 bits per heavy atom. The van der Waals surface area contributed by atoms with E-state index < -0.39 is 10.0 Å². The van der Waals surface area contributed by atoms with Gasteiger partial charge in [0.05, 0.1) is 0 Å². The highest BCUT2D eigenvalue weighted by Gasteiger charge is 2.32. The molecule has 1 aliphatic rings. The lowest BCUT2D eigenvalue weighted by molar-refractivity contribution is 0.493. The summed E-state index contributed by atoms with van der Waals surface area (Å²) in [5, 5.41) is 0.545. The van der Waals surface area contributed by atoms with Crippen molar-refractivity contribution in [2.75, 3.05) is 6.26 Å². The van der Waals surface area contributed by atoms with Gasteiger partial charge in [-0.3, -0.25) is 0 Å². The Bertz CT molecular complexity index is 581. The molecule has 2 rings (SSSR count). The molecule has 2 unspecified atom stereocenters. The number of rotatable bonds is 5. The maximum Gasteiger partial charge on any atom is 0.244 e. The molecular formula is C13H22N2O3S2. The Morgan fingerprint density at radius 3 is 2.60 bits per heavy atom. The van der Waals surface area contributed by atoms with E-state index in [4.69, 9.17) is 10.2 Å². The van der Waals surface area contributed by atoms with Crippen molar-refractivity contribution in [3.05, 3.63) is 17.1 Å². The molecule has 0 aromatic carbocycles. The van der Waals surface area contributed by atoms with Gasteiger partial charge in [-0.1, -0.05) is 0 Å². The second-order valence-electron chi connectivity index (χ2n) is 5.22. The molecule has 20 heavy (non-hydrogen) atoms. The number of hydrogen-bond donors (Lipinski definition) is 2. The summed E-state index contributed by atoms with van der Waals surface area (Å²) in [6, 6.07) is 0.0117. The van der Waals surface area contributed by atoms with Gasteiger partial charge in [-0.05, 0) is 39.4 Å². The number of hydrogen-bond acceptors (Lipinski definition) is 5. The summed E-state index contributed by atoms with van der Waals surface area (Å²) in [5.41, 5.74) is 6.24. The smallest absolute Gasteiger partial charge is 0.244 e. The molecule has 1 aromatic heterocycles. The lowest BCUT2D eigenvalue weighted by Gasteiger charge is -2.13. The summed E-state index contributed by atoms with van der Waals surface area (Å²) in [6.45, 7) is 3.57. The van der Waals surface area contributed by atoms with Gasteiger partial charge in [-0.15, -0.1) is 0 Å². The minimum atomic E-state index is -3.56. The standard InChI is InChI=1S/C13H22N2O3S2/c1-8-12(7-14)13(9(2)18-8)20(16,17)15-10-4-5-11(6-10)19-3/h10-11,15H,4-7,14H2,1-3H3. The van der Waals surface area contributed by atoms with Crippen LogP contribution in [0.5, 0.6) is 0 Å². The van der Waals surface area contributed by atoms with Crippen molar-refractivity contribution < 1.29 is 12.8 Å². The van der Waals surface area contributed by atoms with Gasteiger partial charge >= 0.3 is 0 Å². The maximum absolute atomic E-state index is 12.6. The van der Waals surface area contributed by atoms with Gasteiger partial charge in [-0.25, -0.2) is 13.1 Å². The number of aryl methyl sites for hydroxylation is 2. The van der Waals surface area contributed by atoms with Crippen molar-refractivity contribution in [3.63, 3.8) is 0 Å². The van der Waals surface area contributed by atoms with Gasteiger partial charge in [0.15, 0.2) is 0 Å². The molecule has 1 aliphatic carbocycles. The maximum atomic E-state index is 12.6. The van der Waals surface area contributed by atoms with Gasteiger partial charge in [0.2, 0.25) is 10.0 Å². The summed E-state index contributed by atoms with van der Waals surface area (Å²) in [7, 11) is -3.56. The van der Waals surface area contributed by atoms with Crippen molar-refractivity contribution in [1.29, 1.82) is 0 Å². The van der Waals surface area contributed by atoms with E-state index in [-0.39, 0.29) is 17.5 Å². The molecule has 1 aromatic rings. The van der Waals surface area contributed by atoms with Crippen LogP contribution in [-0.4, -0.2) is 26.0 Å². The van der Waals surface area contributed by atoms with Crippen LogP contribution in [0.1, 0.15) is 36.3 Å². The van der Waals surface area contributed by atoms with Crippen LogP contribution in [0, 0.1) is 13.8 Å². The van der Waals surface area contributed by atoms with Crippen molar-refractivity contribution in [1.82, 2.24) is 4.72 Å². The Balaban J connectivity index is 2.23. The number of sulfonamides is 1. The first-order valence-electron chi connectivity index (χ1n) is 6.73. The predicted molar refractivity (Wildman–Crippen MR) is 81.3 cm³/mol. The normalized spacial score (nSPS) is 23.4. The van der Waals surface area contributed by atoms with E-state index >= 15 is 0 Å². The van der Waals surface area contributed by atoms with Crippen LogP contribution in [0.3, 0.4) is 0 Å². The van der Waals surface area contributed by atoms with E-state index in [0.29, 0.717) is 22.3 Å². The van der Waals surface area contributed by atoms with E-state index in [1.807, 2.05) is 0 Å². The highest BCUT2D eigenvalue weighted by molar-refractivity contribution is 7.99. The van der Waals surface area contributed by atoms with Crippen LogP contribution in [0.15, 0.2) is 9.31 Å². The van der Waals surface area contributed by atoms with E-state index in [1.54, 1.807) is 25.6 Å². The van der Waals surface area contributed by atoms with Crippen LogP contribution in [0.25, 0.3) is 0 Å². The molecule has 3 N–H and O–H groups in total. The second kappa shape index (κ2) is 6.09. The van der Waals surface area contributed by atoms with Crippen LogP contribution < -0.4 is 10.5 Å². The van der Waals surface area contributed by atoms with Crippen molar-refractivity contribution in [3.8, 4) is 0 Å². The van der Waals surface area contributed by atoms with Crippen LogP contribution in [-0.2, 0) is 16.6 Å². The highest BCUT2D eigenvalue weighted by atomic mass is 32.2. The van der Waals surface area contributed by atoms with Gasteiger partial charge in [0, 0.05) is 23.4 Å². The lowest BCUT2D eigenvalue weighted by atomic mass is 10.2. The molecule has 0 saturated heterocycles. The van der Waals surface area contributed by atoms with Crippen LogP contribution >= 0.6 is 11.8 Å². The zero-order valence-corrected chi connectivity index (χ0v) is 13.7. The van der Waals surface area contributed by atoms with Gasteiger partial charge in [0.25, 0.3) is 0 Å². The molecule has 0 spiro atoms. The van der Waals surface area contributed by atoms with Crippen LogP contribution in [0.4, 0.5) is 0 Å². The van der Waals surface area contributed by atoms with E-state index in [0.717, 1.165) is 19.3 Å². The van der Waals surface area contributed by atoms with E-state index in [9.17, 15) is 8.42 Å². The molecule has 1 fully saturated rings. The van der Waals surface area contributed by atoms with Crippen molar-refractivity contribution in [2.24, 2.45) is 5.73 Å². The average Bonchev–Trinajstić information content (AvgIpc) is 2.92. The van der Waals surface area contributed by atoms with Gasteiger partial charge in [0.1, 0.15) is 16.4 Å². The van der Waals surface area contributed by atoms with Crippen molar-refractivity contribution >= 4 is 21.8 Å². The molecule has 0 bridgehead atoms. The third-order valence-electron chi connectivity index (χ3n) is 3.84. The quantitative estimate of drug-likeness (QED) is 0.866. The average molecular weight is 318 g/mol. The molecule has 2 atom stereocenters.